The first-order chi connectivity index (χ1) is 25.4. The van der Waals surface area contributed by atoms with Crippen LogP contribution >= 0.6 is 0 Å². The number of benzene rings is 3. The zero-order valence-electron chi connectivity index (χ0n) is 31.3. The standard InChI is InChI=1S/C43H56N6O3/c1-4-6-24-47-27-22-36(23-28-47)49(40(50)11-5-2)31-33-16-18-34(19-17-33)45-41-37-14-10-15-39(52-3)42(37)44-29-38(41)43(51)46-35-20-25-48(26-21-35)30-32-12-8-7-9-13-32/h7-10,12-19,29,35-36H,4-6,11,20-28,30-31H2,1-3H3,(H,44,45)(H,46,51). The van der Waals surface area contributed by atoms with Gasteiger partial charge in [0.15, 0.2) is 0 Å². The number of methoxy groups -OCH3 is 1. The monoisotopic (exact) mass is 704 g/mol. The molecular formula is C43H56N6O3. The van der Waals surface area contributed by atoms with Crippen molar-refractivity contribution in [3.63, 3.8) is 0 Å². The van der Waals surface area contributed by atoms with Crippen LogP contribution in [0.1, 0.15) is 86.7 Å². The molecule has 2 saturated heterocycles. The number of likely N-dealkylation sites (tertiary alicyclic amines) is 2. The molecule has 0 bridgehead atoms. The number of hydrogen-bond acceptors (Lipinski definition) is 7. The molecule has 0 radical (unpaired) electrons. The number of amides is 2. The van der Waals surface area contributed by atoms with E-state index in [0.29, 0.717) is 35.5 Å². The van der Waals surface area contributed by atoms with E-state index in [-0.39, 0.29) is 23.9 Å². The van der Waals surface area contributed by atoms with Gasteiger partial charge in [-0.05, 0) is 74.4 Å². The fourth-order valence-corrected chi connectivity index (χ4v) is 7.66. The number of unbranched alkanes of at least 4 members (excludes halogenated alkanes) is 1. The van der Waals surface area contributed by atoms with Gasteiger partial charge in [0.2, 0.25) is 5.91 Å². The third kappa shape index (κ3) is 9.49. The van der Waals surface area contributed by atoms with Crippen molar-refractivity contribution in [1.82, 2.24) is 25.0 Å². The summed E-state index contributed by atoms with van der Waals surface area (Å²) >= 11 is 0. The van der Waals surface area contributed by atoms with E-state index in [2.05, 4.69) is 75.6 Å². The Hall–Kier alpha value is -4.47. The van der Waals surface area contributed by atoms with Crippen LogP contribution in [0.25, 0.3) is 10.9 Å². The number of aromatic nitrogens is 1. The van der Waals surface area contributed by atoms with E-state index in [1.807, 2.05) is 36.4 Å². The number of piperidine rings is 2. The summed E-state index contributed by atoms with van der Waals surface area (Å²) in [6.45, 7) is 11.0. The maximum atomic E-state index is 13.9. The van der Waals surface area contributed by atoms with Gasteiger partial charge in [-0.2, -0.15) is 0 Å². The van der Waals surface area contributed by atoms with Gasteiger partial charge in [0.1, 0.15) is 11.3 Å². The summed E-state index contributed by atoms with van der Waals surface area (Å²) in [4.78, 5) is 39.1. The number of anilines is 2. The number of hydrogen-bond donors (Lipinski definition) is 2. The number of nitrogens with zero attached hydrogens (tertiary/aromatic N) is 4. The highest BCUT2D eigenvalue weighted by atomic mass is 16.5. The molecule has 0 saturated carbocycles. The maximum absolute atomic E-state index is 13.9. The molecule has 2 N–H and O–H groups in total. The Labute approximate surface area is 309 Å². The molecule has 2 fully saturated rings. The number of carbonyl (C=O) groups is 2. The molecule has 2 amide bonds. The van der Waals surface area contributed by atoms with E-state index in [0.717, 1.165) is 88.0 Å². The zero-order chi connectivity index (χ0) is 36.3. The quantitative estimate of drug-likeness (QED) is 0.131. The van der Waals surface area contributed by atoms with Gasteiger partial charge in [-0.25, -0.2) is 0 Å². The van der Waals surface area contributed by atoms with Crippen LogP contribution in [0.4, 0.5) is 11.4 Å². The lowest BCUT2D eigenvalue weighted by Crippen LogP contribution is -2.47. The van der Waals surface area contributed by atoms with Crippen LogP contribution in [0, 0.1) is 0 Å². The number of nitrogens with one attached hydrogen (secondary N) is 2. The third-order valence-electron chi connectivity index (χ3n) is 10.7. The molecule has 0 spiro atoms. The molecule has 3 heterocycles. The van der Waals surface area contributed by atoms with Crippen molar-refractivity contribution >= 4 is 34.1 Å². The molecule has 0 unspecified atom stereocenters. The molecule has 2 aliphatic rings. The largest absolute Gasteiger partial charge is 0.494 e. The Morgan fingerprint density at radius 3 is 2.27 bits per heavy atom. The zero-order valence-corrected chi connectivity index (χ0v) is 31.3. The van der Waals surface area contributed by atoms with Crippen LogP contribution in [0.2, 0.25) is 0 Å². The average molecular weight is 705 g/mol. The van der Waals surface area contributed by atoms with Crippen molar-refractivity contribution in [1.29, 1.82) is 0 Å². The van der Waals surface area contributed by atoms with Crippen molar-refractivity contribution in [2.24, 2.45) is 0 Å². The van der Waals surface area contributed by atoms with Gasteiger partial charge in [-0.3, -0.25) is 19.5 Å². The van der Waals surface area contributed by atoms with Crippen molar-refractivity contribution in [3.05, 3.63) is 95.7 Å². The van der Waals surface area contributed by atoms with Crippen molar-refractivity contribution in [3.8, 4) is 5.75 Å². The smallest absolute Gasteiger partial charge is 0.255 e. The van der Waals surface area contributed by atoms with Gasteiger partial charge >= 0.3 is 0 Å². The molecule has 0 atom stereocenters. The molecule has 4 aromatic rings. The van der Waals surface area contributed by atoms with Gasteiger partial charge < -0.3 is 25.2 Å². The number of rotatable bonds is 15. The number of ether oxygens (including phenoxy) is 1. The summed E-state index contributed by atoms with van der Waals surface area (Å²) in [5.41, 5.74) is 5.16. The van der Waals surface area contributed by atoms with Crippen LogP contribution in [0.15, 0.2) is 79.0 Å². The second-order valence-corrected chi connectivity index (χ2v) is 14.4. The first-order valence-electron chi connectivity index (χ1n) is 19.4. The van der Waals surface area contributed by atoms with E-state index >= 15 is 0 Å². The van der Waals surface area contributed by atoms with E-state index in [1.165, 1.54) is 18.4 Å². The second-order valence-electron chi connectivity index (χ2n) is 14.4. The van der Waals surface area contributed by atoms with E-state index in [9.17, 15) is 9.59 Å². The van der Waals surface area contributed by atoms with Gasteiger partial charge in [-0.15, -0.1) is 0 Å². The Morgan fingerprint density at radius 1 is 0.846 bits per heavy atom. The van der Waals surface area contributed by atoms with Crippen LogP contribution < -0.4 is 15.4 Å². The average Bonchev–Trinajstić information content (AvgIpc) is 3.18. The predicted molar refractivity (Wildman–Crippen MR) is 210 cm³/mol. The fraction of sp³-hybridized carbons (Fsp3) is 0.465. The minimum Gasteiger partial charge on any atom is -0.494 e. The van der Waals surface area contributed by atoms with Gasteiger partial charge in [0.25, 0.3) is 5.91 Å². The van der Waals surface area contributed by atoms with Gasteiger partial charge in [0.05, 0.1) is 18.4 Å². The summed E-state index contributed by atoms with van der Waals surface area (Å²) in [6.07, 6.45) is 9.36. The third-order valence-corrected chi connectivity index (χ3v) is 10.7. The fourth-order valence-electron chi connectivity index (χ4n) is 7.66. The lowest BCUT2D eigenvalue weighted by Gasteiger charge is -2.39. The second kappa shape index (κ2) is 18.3. The molecule has 2 aliphatic heterocycles. The van der Waals surface area contributed by atoms with Crippen molar-refractivity contribution in [2.45, 2.75) is 90.4 Å². The Morgan fingerprint density at radius 2 is 1.58 bits per heavy atom. The molecule has 0 aliphatic carbocycles. The number of fused-ring (bicyclic) bond motifs is 1. The molecule has 52 heavy (non-hydrogen) atoms. The molecule has 276 valence electrons. The van der Waals surface area contributed by atoms with E-state index in [4.69, 9.17) is 9.72 Å². The molecule has 1 aromatic heterocycles. The number of pyridine rings is 1. The predicted octanol–water partition coefficient (Wildman–Crippen LogP) is 7.77. The molecule has 3 aromatic carbocycles. The first kappa shape index (κ1) is 37.3. The minimum atomic E-state index is -0.135. The lowest BCUT2D eigenvalue weighted by atomic mass is 10.0. The van der Waals surface area contributed by atoms with E-state index in [1.54, 1.807) is 13.3 Å². The summed E-state index contributed by atoms with van der Waals surface area (Å²) < 4.78 is 5.64. The maximum Gasteiger partial charge on any atom is 0.255 e. The van der Waals surface area contributed by atoms with Crippen molar-refractivity contribution < 1.29 is 14.3 Å². The highest BCUT2D eigenvalue weighted by molar-refractivity contribution is 6.09. The molecular weight excluding hydrogens is 649 g/mol. The first-order valence-corrected chi connectivity index (χ1v) is 19.4. The summed E-state index contributed by atoms with van der Waals surface area (Å²) in [5.74, 6) is 0.761. The van der Waals surface area contributed by atoms with Crippen LogP contribution in [-0.4, -0.2) is 83.4 Å². The van der Waals surface area contributed by atoms with E-state index < -0.39 is 0 Å². The van der Waals surface area contributed by atoms with Crippen LogP contribution in [0.3, 0.4) is 0 Å². The molecule has 9 nitrogen and oxygen atoms in total. The number of carbonyl (C=O) groups excluding carboxylic acids is 2. The minimum absolute atomic E-state index is 0.0922. The van der Waals surface area contributed by atoms with Crippen LogP contribution in [-0.2, 0) is 17.9 Å². The summed E-state index contributed by atoms with van der Waals surface area (Å²) in [7, 11) is 1.64. The topological polar surface area (TPSA) is 90.0 Å². The SMILES string of the molecule is CCCCN1CCC(N(Cc2ccc(Nc3c(C(=O)NC4CCN(Cc5ccccc5)CC4)cnc4c(OC)cccc34)cc2)C(=O)CCC)CC1. The van der Waals surface area contributed by atoms with Crippen molar-refractivity contribution in [2.75, 3.05) is 45.2 Å². The highest BCUT2D eigenvalue weighted by Gasteiger charge is 2.28. The molecule has 9 heteroatoms. The summed E-state index contributed by atoms with van der Waals surface area (Å²) in [6, 6.07) is 25.0. The van der Waals surface area contributed by atoms with Crippen LogP contribution in [0.5, 0.6) is 5.75 Å². The lowest BCUT2D eigenvalue weighted by molar-refractivity contribution is -0.135. The molecule has 6 rings (SSSR count). The normalized spacial score (nSPS) is 16.1. The van der Waals surface area contributed by atoms with Gasteiger partial charge in [-0.1, -0.05) is 74.9 Å². The number of para-hydroxylation sites is 1. The Bertz CT molecular complexity index is 1750. The Balaban J connectivity index is 1.16. The summed E-state index contributed by atoms with van der Waals surface area (Å²) in [5, 5.41) is 7.71. The Kier molecular flexibility index (Phi) is 13.1. The highest BCUT2D eigenvalue weighted by Crippen LogP contribution is 2.34. The van der Waals surface area contributed by atoms with Gasteiger partial charge in [0, 0.05) is 75.0 Å².